The molecule has 1 fully saturated rings. The van der Waals surface area contributed by atoms with E-state index in [-0.39, 0.29) is 42.0 Å². The number of benzene rings is 1. The number of hydrogen-bond donors (Lipinski definition) is 2. The molecular formula is C42H67N3O17. The SMILES string of the molecule is COCCOCCOCCOCCOCCOCCOCCOCCOCCOCCOCCOCCCCCC(=O)Nc1cccc2c1C(=O)N(C1CCC(=O)NC1=O)C2=O. The molecule has 0 spiro atoms. The Morgan fingerprint density at radius 2 is 0.984 bits per heavy atom. The van der Waals surface area contributed by atoms with Gasteiger partial charge in [0.1, 0.15) is 6.04 Å². The van der Waals surface area contributed by atoms with Crippen LogP contribution in [-0.4, -0.2) is 200 Å². The fraction of sp³-hybridized carbons (Fsp3) is 0.738. The molecule has 2 N–H and O–H groups in total. The molecule has 1 aromatic carbocycles. The van der Waals surface area contributed by atoms with Crippen molar-refractivity contribution in [3.05, 3.63) is 29.3 Å². The Hall–Kier alpha value is -3.51. The first-order chi connectivity index (χ1) is 30.4. The zero-order valence-corrected chi connectivity index (χ0v) is 36.2. The molecule has 2 heterocycles. The minimum atomic E-state index is -1.08. The number of carbonyl (C=O) groups is 5. The van der Waals surface area contributed by atoms with Crippen LogP contribution in [0, 0.1) is 0 Å². The summed E-state index contributed by atoms with van der Waals surface area (Å²) in [5.74, 6) is -2.72. The Morgan fingerprint density at radius 3 is 1.40 bits per heavy atom. The van der Waals surface area contributed by atoms with Gasteiger partial charge < -0.3 is 62.2 Å². The van der Waals surface area contributed by atoms with E-state index in [9.17, 15) is 24.0 Å². The van der Waals surface area contributed by atoms with E-state index in [2.05, 4.69) is 10.6 Å². The number of carbonyl (C=O) groups excluding carboxylic acids is 5. The van der Waals surface area contributed by atoms with Gasteiger partial charge in [-0.2, -0.15) is 0 Å². The van der Waals surface area contributed by atoms with Crippen LogP contribution >= 0.6 is 0 Å². The fourth-order valence-corrected chi connectivity index (χ4v) is 5.94. The van der Waals surface area contributed by atoms with Crippen LogP contribution in [0.1, 0.15) is 59.2 Å². The Balaban J connectivity index is 0.989. The number of hydrogen-bond acceptors (Lipinski definition) is 17. The van der Waals surface area contributed by atoms with Crippen LogP contribution in [0.25, 0.3) is 0 Å². The van der Waals surface area contributed by atoms with Gasteiger partial charge >= 0.3 is 0 Å². The van der Waals surface area contributed by atoms with Crippen LogP contribution in [0.3, 0.4) is 0 Å². The molecule has 20 heteroatoms. The van der Waals surface area contributed by atoms with Crippen molar-refractivity contribution >= 4 is 35.2 Å². The Bertz CT molecular complexity index is 1420. The van der Waals surface area contributed by atoms with Crippen LogP contribution in [0.4, 0.5) is 5.69 Å². The van der Waals surface area contributed by atoms with Gasteiger partial charge in [0.2, 0.25) is 17.7 Å². The summed E-state index contributed by atoms with van der Waals surface area (Å²) in [5, 5.41) is 4.91. The van der Waals surface area contributed by atoms with E-state index in [4.69, 9.17) is 56.8 Å². The number of rotatable bonds is 41. The number of methoxy groups -OCH3 is 1. The quantitative estimate of drug-likeness (QED) is 0.0701. The van der Waals surface area contributed by atoms with Gasteiger partial charge in [0.15, 0.2) is 0 Å². The van der Waals surface area contributed by atoms with Gasteiger partial charge in [-0.05, 0) is 31.4 Å². The number of fused-ring (bicyclic) bond motifs is 1. The zero-order valence-electron chi connectivity index (χ0n) is 36.2. The molecule has 1 atom stereocenters. The van der Waals surface area contributed by atoms with E-state index in [0.29, 0.717) is 158 Å². The largest absolute Gasteiger partial charge is 0.382 e. The summed E-state index contributed by atoms with van der Waals surface area (Å²) in [6.07, 6.45) is 2.44. The second-order valence-electron chi connectivity index (χ2n) is 13.8. The fourth-order valence-electron chi connectivity index (χ4n) is 5.94. The average Bonchev–Trinajstić information content (AvgIpc) is 3.52. The van der Waals surface area contributed by atoms with Gasteiger partial charge in [0.05, 0.1) is 162 Å². The van der Waals surface area contributed by atoms with Crippen molar-refractivity contribution in [2.75, 3.05) is 164 Å². The molecule has 1 aromatic rings. The van der Waals surface area contributed by atoms with Crippen LogP contribution in [-0.2, 0) is 71.2 Å². The van der Waals surface area contributed by atoms with E-state index in [0.717, 1.165) is 17.7 Å². The van der Waals surface area contributed by atoms with Gasteiger partial charge in [0, 0.05) is 26.6 Å². The molecule has 1 saturated heterocycles. The summed E-state index contributed by atoms with van der Waals surface area (Å²) < 4.78 is 65.1. The highest BCUT2D eigenvalue weighted by Crippen LogP contribution is 2.32. The smallest absolute Gasteiger partial charge is 0.264 e. The number of nitrogens with one attached hydrogen (secondary N) is 2. The average molecular weight is 886 g/mol. The van der Waals surface area contributed by atoms with Crippen molar-refractivity contribution in [3.8, 4) is 0 Å². The van der Waals surface area contributed by atoms with Crippen molar-refractivity contribution < 1.29 is 80.8 Å². The second kappa shape index (κ2) is 34.9. The van der Waals surface area contributed by atoms with Crippen molar-refractivity contribution in [2.45, 2.75) is 44.6 Å². The number of anilines is 1. The molecule has 62 heavy (non-hydrogen) atoms. The first-order valence-corrected chi connectivity index (χ1v) is 21.4. The van der Waals surface area contributed by atoms with Crippen molar-refractivity contribution in [3.63, 3.8) is 0 Å². The molecule has 1 unspecified atom stereocenters. The van der Waals surface area contributed by atoms with Gasteiger partial charge in [-0.25, -0.2) is 0 Å². The lowest BCUT2D eigenvalue weighted by atomic mass is 10.0. The highest BCUT2D eigenvalue weighted by Gasteiger charge is 2.45. The third-order valence-corrected chi connectivity index (χ3v) is 9.09. The normalized spacial score (nSPS) is 15.1. The summed E-state index contributed by atoms with van der Waals surface area (Å²) in [6.45, 7) is 11.3. The molecule has 5 amide bonds. The summed E-state index contributed by atoms with van der Waals surface area (Å²) in [7, 11) is 1.64. The summed E-state index contributed by atoms with van der Waals surface area (Å²) >= 11 is 0. The van der Waals surface area contributed by atoms with Crippen molar-refractivity contribution in [2.24, 2.45) is 0 Å². The number of amides is 5. The maximum atomic E-state index is 13.2. The van der Waals surface area contributed by atoms with Crippen LogP contribution in [0.2, 0.25) is 0 Å². The standard InChI is InChI=1S/C42H67N3O17/c1-51-12-13-53-16-17-55-20-21-57-24-25-59-28-29-61-32-33-62-31-30-60-27-26-58-23-22-56-19-18-54-15-14-52-11-4-2-3-8-37(46)43-35-7-5-6-34-39(35)42(50)45(41(34)49)36-9-10-38(47)44-40(36)48/h5-7,36H,2-4,8-33H2,1H3,(H,43,46)(H,44,47,48). The van der Waals surface area contributed by atoms with E-state index < -0.39 is 29.7 Å². The topological polar surface area (TPSA) is 223 Å². The van der Waals surface area contributed by atoms with Gasteiger partial charge in [-0.15, -0.1) is 0 Å². The number of imide groups is 2. The maximum absolute atomic E-state index is 13.2. The molecule has 0 aliphatic carbocycles. The van der Waals surface area contributed by atoms with Gasteiger partial charge in [-0.3, -0.25) is 34.2 Å². The first-order valence-electron chi connectivity index (χ1n) is 21.4. The monoisotopic (exact) mass is 885 g/mol. The molecule has 0 bridgehead atoms. The second-order valence-corrected chi connectivity index (χ2v) is 13.8. The molecule has 2 aliphatic rings. The molecular weight excluding hydrogens is 818 g/mol. The number of ether oxygens (including phenoxy) is 12. The number of unbranched alkanes of at least 4 members (excludes halogenated alkanes) is 2. The lowest BCUT2D eigenvalue weighted by Gasteiger charge is -2.27. The third kappa shape index (κ3) is 22.7. The zero-order chi connectivity index (χ0) is 44.3. The predicted octanol–water partition coefficient (Wildman–Crippen LogP) is 1.42. The number of piperidine rings is 1. The summed E-state index contributed by atoms with van der Waals surface area (Å²) in [6, 6.07) is 3.53. The van der Waals surface area contributed by atoms with E-state index in [1.54, 1.807) is 19.2 Å². The van der Waals surface area contributed by atoms with Crippen LogP contribution < -0.4 is 10.6 Å². The van der Waals surface area contributed by atoms with Crippen molar-refractivity contribution in [1.29, 1.82) is 0 Å². The van der Waals surface area contributed by atoms with Crippen LogP contribution in [0.15, 0.2) is 18.2 Å². The predicted molar refractivity (Wildman–Crippen MR) is 221 cm³/mol. The Labute approximate surface area is 364 Å². The molecule has 2 aliphatic heterocycles. The lowest BCUT2D eigenvalue weighted by molar-refractivity contribution is -0.136. The summed E-state index contributed by atoms with van der Waals surface area (Å²) in [5.41, 5.74) is 0.378. The minimum absolute atomic E-state index is 0.0270. The van der Waals surface area contributed by atoms with E-state index >= 15 is 0 Å². The van der Waals surface area contributed by atoms with Gasteiger partial charge in [-0.1, -0.05) is 12.5 Å². The highest BCUT2D eigenvalue weighted by molar-refractivity contribution is 6.26. The first kappa shape index (κ1) is 52.8. The Morgan fingerprint density at radius 1 is 0.565 bits per heavy atom. The summed E-state index contributed by atoms with van der Waals surface area (Å²) in [4.78, 5) is 63.6. The maximum Gasteiger partial charge on any atom is 0.264 e. The van der Waals surface area contributed by atoms with E-state index in [1.807, 2.05) is 0 Å². The minimum Gasteiger partial charge on any atom is -0.382 e. The molecule has 0 saturated carbocycles. The third-order valence-electron chi connectivity index (χ3n) is 9.09. The molecule has 0 aromatic heterocycles. The molecule has 3 rings (SSSR count). The number of nitrogens with zero attached hydrogens (tertiary/aromatic N) is 1. The van der Waals surface area contributed by atoms with E-state index in [1.165, 1.54) is 6.07 Å². The molecule has 0 radical (unpaired) electrons. The van der Waals surface area contributed by atoms with Gasteiger partial charge in [0.25, 0.3) is 11.8 Å². The van der Waals surface area contributed by atoms with Crippen molar-refractivity contribution in [1.82, 2.24) is 10.2 Å². The Kier molecular flexibility index (Phi) is 29.7. The molecule has 20 nitrogen and oxygen atoms in total. The van der Waals surface area contributed by atoms with Crippen LogP contribution in [0.5, 0.6) is 0 Å². The lowest BCUT2D eigenvalue weighted by Crippen LogP contribution is -2.54. The molecule has 352 valence electrons. The highest BCUT2D eigenvalue weighted by atomic mass is 16.6.